The largest absolute Gasteiger partial charge is 0.492 e. The summed E-state index contributed by atoms with van der Waals surface area (Å²) in [6, 6.07) is 7.01. The van der Waals surface area contributed by atoms with E-state index in [0.29, 0.717) is 19.6 Å². The van der Waals surface area contributed by atoms with Crippen LogP contribution in [0.5, 0.6) is 5.75 Å². The fraction of sp³-hybridized carbons (Fsp3) is 0.462. The number of aliphatic hydroxyl groups is 1. The summed E-state index contributed by atoms with van der Waals surface area (Å²) in [6.07, 6.45) is 0.693. The Bertz CT molecular complexity index is 397. The summed E-state index contributed by atoms with van der Waals surface area (Å²) in [5, 5.41) is 14.3. The van der Waals surface area contributed by atoms with Gasteiger partial charge in [0.15, 0.2) is 0 Å². The van der Waals surface area contributed by atoms with Crippen molar-refractivity contribution in [2.24, 2.45) is 0 Å². The van der Waals surface area contributed by atoms with Gasteiger partial charge in [-0.1, -0.05) is 28.9 Å². The van der Waals surface area contributed by atoms with Crippen molar-refractivity contribution in [1.29, 1.82) is 0 Å². The van der Waals surface area contributed by atoms with Gasteiger partial charge in [0, 0.05) is 4.47 Å². The van der Waals surface area contributed by atoms with Crippen LogP contribution in [-0.2, 0) is 0 Å². The van der Waals surface area contributed by atoms with Crippen LogP contribution in [0, 0.1) is 0 Å². The highest BCUT2D eigenvalue weighted by Gasteiger charge is 2.07. The molecule has 0 saturated heterocycles. The summed E-state index contributed by atoms with van der Waals surface area (Å²) < 4.78 is 6.42. The van der Waals surface area contributed by atoms with Crippen molar-refractivity contribution < 1.29 is 14.6 Å². The smallest absolute Gasteiger partial charge is 0.315 e. The van der Waals surface area contributed by atoms with Gasteiger partial charge in [-0.25, -0.2) is 4.79 Å². The number of carbonyl (C=O) groups excluding carboxylic acids is 1. The number of amides is 2. The molecular weight excluding hydrogens is 312 g/mol. The second-order valence-electron chi connectivity index (χ2n) is 3.99. The molecule has 0 fully saturated rings. The molecule has 19 heavy (non-hydrogen) atoms. The average Bonchev–Trinajstić information content (AvgIpc) is 2.41. The first-order valence-corrected chi connectivity index (χ1v) is 6.98. The van der Waals surface area contributed by atoms with Gasteiger partial charge in [-0.2, -0.15) is 0 Å². The van der Waals surface area contributed by atoms with Crippen LogP contribution in [0.2, 0.25) is 0 Å². The monoisotopic (exact) mass is 330 g/mol. The molecule has 2 amide bonds. The predicted molar refractivity (Wildman–Crippen MR) is 77.3 cm³/mol. The molecule has 0 aliphatic carbocycles. The highest BCUT2D eigenvalue weighted by Crippen LogP contribution is 2.17. The molecule has 5 nitrogen and oxygen atoms in total. The van der Waals surface area contributed by atoms with Crippen LogP contribution in [-0.4, -0.2) is 36.9 Å². The van der Waals surface area contributed by atoms with E-state index in [1.807, 2.05) is 31.2 Å². The minimum atomic E-state index is -0.293. The lowest BCUT2D eigenvalue weighted by Crippen LogP contribution is -2.44. The van der Waals surface area contributed by atoms with E-state index in [9.17, 15) is 4.79 Å². The fourth-order valence-electron chi connectivity index (χ4n) is 1.40. The zero-order chi connectivity index (χ0) is 14.1. The second-order valence-corrected chi connectivity index (χ2v) is 4.91. The topological polar surface area (TPSA) is 70.6 Å². The molecule has 1 aromatic carbocycles. The van der Waals surface area contributed by atoms with Gasteiger partial charge in [0.25, 0.3) is 0 Å². The number of benzene rings is 1. The summed E-state index contributed by atoms with van der Waals surface area (Å²) in [5.74, 6) is 0.748. The SMILES string of the molecule is CCC(CO)NC(=O)NCCOc1cccc(Br)c1. The molecule has 0 aromatic heterocycles. The number of ether oxygens (including phenoxy) is 1. The Morgan fingerprint density at radius 2 is 2.32 bits per heavy atom. The number of carbonyl (C=O) groups is 1. The van der Waals surface area contributed by atoms with E-state index in [4.69, 9.17) is 9.84 Å². The Hall–Kier alpha value is -1.27. The lowest BCUT2D eigenvalue weighted by molar-refractivity contribution is 0.212. The standard InChI is InChI=1S/C13H19BrN2O3/c1-2-11(9-17)16-13(18)15-6-7-19-12-5-3-4-10(14)8-12/h3-5,8,11,17H,2,6-7,9H2,1H3,(H2,15,16,18). The number of nitrogens with one attached hydrogen (secondary N) is 2. The van der Waals surface area contributed by atoms with Gasteiger partial charge < -0.3 is 20.5 Å². The summed E-state index contributed by atoms with van der Waals surface area (Å²) >= 11 is 3.35. The molecular formula is C13H19BrN2O3. The summed E-state index contributed by atoms with van der Waals surface area (Å²) in [6.45, 7) is 2.63. The molecule has 0 aliphatic heterocycles. The normalized spacial score (nSPS) is 11.7. The zero-order valence-corrected chi connectivity index (χ0v) is 12.4. The van der Waals surface area contributed by atoms with Crippen molar-refractivity contribution in [2.45, 2.75) is 19.4 Å². The van der Waals surface area contributed by atoms with Crippen LogP contribution in [0.4, 0.5) is 4.79 Å². The van der Waals surface area contributed by atoms with Crippen molar-refractivity contribution in [1.82, 2.24) is 10.6 Å². The molecule has 1 unspecified atom stereocenters. The van der Waals surface area contributed by atoms with Crippen molar-refractivity contribution >= 4 is 22.0 Å². The summed E-state index contributed by atoms with van der Waals surface area (Å²) in [5.41, 5.74) is 0. The van der Waals surface area contributed by atoms with E-state index in [-0.39, 0.29) is 18.7 Å². The Morgan fingerprint density at radius 3 is 2.95 bits per heavy atom. The van der Waals surface area contributed by atoms with E-state index in [1.54, 1.807) is 0 Å². The lowest BCUT2D eigenvalue weighted by Gasteiger charge is -2.14. The first-order chi connectivity index (χ1) is 9.15. The molecule has 0 bridgehead atoms. The highest BCUT2D eigenvalue weighted by molar-refractivity contribution is 9.10. The van der Waals surface area contributed by atoms with Gasteiger partial charge in [-0.15, -0.1) is 0 Å². The first-order valence-electron chi connectivity index (χ1n) is 6.19. The summed E-state index contributed by atoms with van der Waals surface area (Å²) in [7, 11) is 0. The molecule has 106 valence electrons. The third-order valence-corrected chi connectivity index (χ3v) is 2.99. The quantitative estimate of drug-likeness (QED) is 0.669. The lowest BCUT2D eigenvalue weighted by atomic mass is 10.2. The van der Waals surface area contributed by atoms with Gasteiger partial charge in [0.1, 0.15) is 12.4 Å². The van der Waals surface area contributed by atoms with Crippen LogP contribution in [0.1, 0.15) is 13.3 Å². The fourth-order valence-corrected chi connectivity index (χ4v) is 1.78. The number of hydrogen-bond donors (Lipinski definition) is 3. The van der Waals surface area contributed by atoms with Crippen LogP contribution >= 0.6 is 15.9 Å². The molecule has 6 heteroatoms. The van der Waals surface area contributed by atoms with Crippen molar-refractivity contribution in [3.8, 4) is 5.75 Å². The Labute approximate surface area is 121 Å². The van der Waals surface area contributed by atoms with Gasteiger partial charge in [-0.3, -0.25) is 0 Å². The summed E-state index contributed by atoms with van der Waals surface area (Å²) in [4.78, 5) is 11.4. The zero-order valence-electron chi connectivity index (χ0n) is 10.9. The van der Waals surface area contributed by atoms with Gasteiger partial charge >= 0.3 is 6.03 Å². The Morgan fingerprint density at radius 1 is 1.53 bits per heavy atom. The Kier molecular flexibility index (Phi) is 7.28. The molecule has 1 atom stereocenters. The number of urea groups is 1. The van der Waals surface area contributed by atoms with E-state index >= 15 is 0 Å². The van der Waals surface area contributed by atoms with Gasteiger partial charge in [0.05, 0.1) is 19.2 Å². The third kappa shape index (κ3) is 6.45. The molecule has 0 spiro atoms. The molecule has 0 saturated carbocycles. The number of halogens is 1. The molecule has 1 aromatic rings. The maximum atomic E-state index is 11.4. The van der Waals surface area contributed by atoms with Crippen molar-refractivity contribution in [2.75, 3.05) is 19.8 Å². The predicted octanol–water partition coefficient (Wildman–Crippen LogP) is 1.90. The minimum absolute atomic E-state index is 0.0571. The van der Waals surface area contributed by atoms with E-state index in [2.05, 4.69) is 26.6 Å². The van der Waals surface area contributed by atoms with E-state index in [0.717, 1.165) is 10.2 Å². The van der Waals surface area contributed by atoms with Crippen LogP contribution < -0.4 is 15.4 Å². The van der Waals surface area contributed by atoms with Crippen molar-refractivity contribution in [3.63, 3.8) is 0 Å². The van der Waals surface area contributed by atoms with Crippen LogP contribution in [0.15, 0.2) is 28.7 Å². The van der Waals surface area contributed by atoms with Gasteiger partial charge in [0.2, 0.25) is 0 Å². The molecule has 0 heterocycles. The molecule has 0 radical (unpaired) electrons. The average molecular weight is 331 g/mol. The molecule has 0 aliphatic rings. The maximum absolute atomic E-state index is 11.4. The highest BCUT2D eigenvalue weighted by atomic mass is 79.9. The van der Waals surface area contributed by atoms with E-state index < -0.39 is 0 Å². The van der Waals surface area contributed by atoms with E-state index in [1.165, 1.54) is 0 Å². The number of hydrogen-bond acceptors (Lipinski definition) is 3. The van der Waals surface area contributed by atoms with Gasteiger partial charge in [-0.05, 0) is 24.6 Å². The van der Waals surface area contributed by atoms with Crippen molar-refractivity contribution in [3.05, 3.63) is 28.7 Å². The first kappa shape index (κ1) is 15.8. The number of aliphatic hydroxyl groups excluding tert-OH is 1. The minimum Gasteiger partial charge on any atom is -0.492 e. The Balaban J connectivity index is 2.18. The second kappa shape index (κ2) is 8.77. The maximum Gasteiger partial charge on any atom is 0.315 e. The molecule has 1 rings (SSSR count). The molecule has 3 N–H and O–H groups in total. The van der Waals surface area contributed by atoms with Crippen LogP contribution in [0.3, 0.4) is 0 Å². The third-order valence-electron chi connectivity index (χ3n) is 2.50. The number of rotatable bonds is 7. The van der Waals surface area contributed by atoms with Crippen LogP contribution in [0.25, 0.3) is 0 Å².